The molecule has 3 unspecified atom stereocenters. The van der Waals surface area contributed by atoms with Gasteiger partial charge in [-0.05, 0) is 50.2 Å². The summed E-state index contributed by atoms with van der Waals surface area (Å²) in [6.07, 6.45) is 3.72. The molecule has 19 heavy (non-hydrogen) atoms. The van der Waals surface area contributed by atoms with E-state index in [4.69, 9.17) is 4.74 Å². The van der Waals surface area contributed by atoms with Crippen LogP contribution >= 0.6 is 0 Å². The number of aliphatic hydroxyl groups is 1. The van der Waals surface area contributed by atoms with E-state index in [1.165, 1.54) is 12.0 Å². The maximum Gasteiger partial charge on any atom is 0.125 e. The average Bonchev–Trinajstić information content (AvgIpc) is 2.36. The molecule has 0 saturated heterocycles. The molecule has 104 valence electrons. The Morgan fingerprint density at radius 3 is 2.74 bits per heavy atom. The van der Waals surface area contributed by atoms with Crippen LogP contribution in [0.4, 0.5) is 0 Å². The molecule has 0 radical (unpaired) electrons. The number of fused-ring (bicyclic) bond motifs is 1. The number of rotatable bonds is 0. The Hall–Kier alpha value is -1.02. The van der Waals surface area contributed by atoms with Gasteiger partial charge < -0.3 is 9.84 Å². The molecule has 1 aromatic carbocycles. The molecule has 1 aliphatic heterocycles. The Labute approximate surface area is 115 Å². The largest absolute Gasteiger partial charge is 0.487 e. The highest BCUT2D eigenvalue weighted by molar-refractivity contribution is 5.41. The van der Waals surface area contributed by atoms with Crippen molar-refractivity contribution in [1.29, 1.82) is 0 Å². The summed E-state index contributed by atoms with van der Waals surface area (Å²) in [5.74, 6) is 2.34. The molecule has 1 saturated carbocycles. The first-order chi connectivity index (χ1) is 8.99. The number of hydrogen-bond acceptors (Lipinski definition) is 2. The Morgan fingerprint density at radius 2 is 2.00 bits per heavy atom. The standard InChI is InChI=1S/C17H24O2/c1-11-4-5-16-14(8-11)15(18)10-17(19-16)7-6-12(2)13(3)9-17/h4-5,8,12-13,15,18H,6-7,9-10H2,1-3H3/t12?,13?,15-,17?/m0/s1. The molecule has 1 spiro atoms. The number of hydrogen-bond donors (Lipinski definition) is 1. The van der Waals surface area contributed by atoms with Crippen molar-refractivity contribution in [1.82, 2.24) is 0 Å². The van der Waals surface area contributed by atoms with Crippen molar-refractivity contribution in [2.75, 3.05) is 0 Å². The van der Waals surface area contributed by atoms with Crippen LogP contribution in [0.1, 0.15) is 56.8 Å². The van der Waals surface area contributed by atoms with Crippen LogP contribution in [0, 0.1) is 18.8 Å². The van der Waals surface area contributed by atoms with Crippen LogP contribution in [0.3, 0.4) is 0 Å². The van der Waals surface area contributed by atoms with Crippen molar-refractivity contribution in [2.24, 2.45) is 11.8 Å². The van der Waals surface area contributed by atoms with Crippen LogP contribution in [0.15, 0.2) is 18.2 Å². The van der Waals surface area contributed by atoms with Crippen molar-refractivity contribution >= 4 is 0 Å². The molecule has 0 bridgehead atoms. The molecule has 1 heterocycles. The fourth-order valence-electron chi connectivity index (χ4n) is 3.70. The highest BCUT2D eigenvalue weighted by Gasteiger charge is 2.44. The number of aryl methyl sites for hydroxylation is 1. The zero-order chi connectivity index (χ0) is 13.6. The molecule has 1 aliphatic carbocycles. The maximum atomic E-state index is 10.5. The third kappa shape index (κ3) is 2.27. The van der Waals surface area contributed by atoms with Crippen LogP contribution in [0.25, 0.3) is 0 Å². The minimum atomic E-state index is -0.371. The van der Waals surface area contributed by atoms with E-state index in [2.05, 4.69) is 32.9 Å². The lowest BCUT2D eigenvalue weighted by Gasteiger charge is -2.47. The minimum Gasteiger partial charge on any atom is -0.487 e. The molecule has 0 amide bonds. The first-order valence-electron chi connectivity index (χ1n) is 7.47. The lowest BCUT2D eigenvalue weighted by atomic mass is 9.69. The predicted octanol–water partition coefficient (Wildman–Crippen LogP) is 4.01. The molecule has 4 atom stereocenters. The monoisotopic (exact) mass is 260 g/mol. The van der Waals surface area contributed by atoms with E-state index in [0.29, 0.717) is 5.92 Å². The van der Waals surface area contributed by atoms with Crippen LogP contribution in [-0.2, 0) is 0 Å². The molecule has 0 aromatic heterocycles. The Kier molecular flexibility index (Phi) is 3.09. The smallest absolute Gasteiger partial charge is 0.125 e. The fraction of sp³-hybridized carbons (Fsp3) is 0.647. The minimum absolute atomic E-state index is 0.131. The number of ether oxygens (including phenoxy) is 1. The second kappa shape index (κ2) is 4.52. The second-order valence-corrected chi connectivity index (χ2v) is 6.74. The second-order valence-electron chi connectivity index (χ2n) is 6.74. The Morgan fingerprint density at radius 1 is 1.21 bits per heavy atom. The lowest BCUT2D eigenvalue weighted by Crippen LogP contribution is -2.46. The third-order valence-corrected chi connectivity index (χ3v) is 5.14. The van der Waals surface area contributed by atoms with Gasteiger partial charge >= 0.3 is 0 Å². The van der Waals surface area contributed by atoms with E-state index >= 15 is 0 Å². The van der Waals surface area contributed by atoms with Crippen LogP contribution < -0.4 is 4.74 Å². The fourth-order valence-corrected chi connectivity index (χ4v) is 3.70. The highest BCUT2D eigenvalue weighted by atomic mass is 16.5. The molecule has 1 aromatic rings. The van der Waals surface area contributed by atoms with Gasteiger partial charge in [-0.25, -0.2) is 0 Å². The third-order valence-electron chi connectivity index (χ3n) is 5.14. The first-order valence-corrected chi connectivity index (χ1v) is 7.47. The van der Waals surface area contributed by atoms with E-state index in [9.17, 15) is 5.11 Å². The van der Waals surface area contributed by atoms with Gasteiger partial charge in [-0.15, -0.1) is 0 Å². The van der Waals surface area contributed by atoms with Gasteiger partial charge in [0.1, 0.15) is 11.4 Å². The van der Waals surface area contributed by atoms with Crippen LogP contribution in [0.2, 0.25) is 0 Å². The van der Waals surface area contributed by atoms with Crippen LogP contribution in [0.5, 0.6) is 5.75 Å². The summed E-state index contributed by atoms with van der Waals surface area (Å²) in [6, 6.07) is 6.15. The summed E-state index contributed by atoms with van der Waals surface area (Å²) in [4.78, 5) is 0. The van der Waals surface area contributed by atoms with Gasteiger partial charge in [0, 0.05) is 12.0 Å². The SMILES string of the molecule is Cc1ccc2c(c1)[C@@H](O)CC1(CCC(C)C(C)C1)O2. The molecule has 1 N–H and O–H groups in total. The first kappa shape index (κ1) is 13.0. The van der Waals surface area contributed by atoms with Gasteiger partial charge in [0.25, 0.3) is 0 Å². The van der Waals surface area contributed by atoms with E-state index in [1.807, 2.05) is 6.07 Å². The van der Waals surface area contributed by atoms with Gasteiger partial charge in [-0.2, -0.15) is 0 Å². The summed E-state index contributed by atoms with van der Waals surface area (Å²) in [6.45, 7) is 6.70. The maximum absolute atomic E-state index is 10.5. The van der Waals surface area contributed by atoms with Gasteiger partial charge in [0.15, 0.2) is 0 Å². The van der Waals surface area contributed by atoms with Crippen LogP contribution in [-0.4, -0.2) is 10.7 Å². The summed E-state index contributed by atoms with van der Waals surface area (Å²) in [5, 5.41) is 10.5. The molecule has 3 rings (SSSR count). The average molecular weight is 260 g/mol. The summed E-state index contributed by atoms with van der Waals surface area (Å²) < 4.78 is 6.34. The highest BCUT2D eigenvalue weighted by Crippen LogP contribution is 2.48. The summed E-state index contributed by atoms with van der Waals surface area (Å²) >= 11 is 0. The van der Waals surface area contributed by atoms with Gasteiger partial charge in [0.05, 0.1) is 6.10 Å². The topological polar surface area (TPSA) is 29.5 Å². The van der Waals surface area contributed by atoms with Crippen molar-refractivity contribution < 1.29 is 9.84 Å². The van der Waals surface area contributed by atoms with E-state index in [1.54, 1.807) is 0 Å². The molecule has 2 heteroatoms. The van der Waals surface area contributed by atoms with Crippen molar-refractivity contribution in [3.8, 4) is 5.75 Å². The van der Waals surface area contributed by atoms with Crippen molar-refractivity contribution in [2.45, 2.75) is 58.2 Å². The summed E-state index contributed by atoms with van der Waals surface area (Å²) in [7, 11) is 0. The molecule has 2 nitrogen and oxygen atoms in total. The molecule has 1 fully saturated rings. The van der Waals surface area contributed by atoms with Crippen molar-refractivity contribution in [3.63, 3.8) is 0 Å². The lowest BCUT2D eigenvalue weighted by molar-refractivity contribution is -0.0602. The van der Waals surface area contributed by atoms with E-state index < -0.39 is 0 Å². The molecular weight excluding hydrogens is 236 g/mol. The Bertz CT molecular complexity index is 482. The van der Waals surface area contributed by atoms with Gasteiger partial charge in [0.2, 0.25) is 0 Å². The molecular formula is C17H24O2. The number of aliphatic hydroxyl groups excluding tert-OH is 1. The quantitative estimate of drug-likeness (QED) is 0.764. The normalized spacial score (nSPS) is 37.8. The van der Waals surface area contributed by atoms with E-state index in [-0.39, 0.29) is 11.7 Å². The van der Waals surface area contributed by atoms with Gasteiger partial charge in [-0.1, -0.05) is 25.5 Å². The molecule has 2 aliphatic rings. The summed E-state index contributed by atoms with van der Waals surface area (Å²) in [5.41, 5.74) is 2.02. The van der Waals surface area contributed by atoms with Crippen molar-refractivity contribution in [3.05, 3.63) is 29.3 Å². The van der Waals surface area contributed by atoms with Gasteiger partial charge in [-0.3, -0.25) is 0 Å². The number of benzene rings is 1. The van der Waals surface area contributed by atoms with E-state index in [0.717, 1.165) is 36.5 Å². The Balaban J connectivity index is 1.90. The predicted molar refractivity (Wildman–Crippen MR) is 76.3 cm³/mol. The zero-order valence-corrected chi connectivity index (χ0v) is 12.1. The zero-order valence-electron chi connectivity index (χ0n) is 12.1.